The average Bonchev–Trinajstić information content (AvgIpc) is 3.23. The number of hydrogen-bond acceptors (Lipinski definition) is 2. The molecule has 1 amide bonds. The highest BCUT2D eigenvalue weighted by atomic mass is 19.4. The number of ether oxygens (including phenoxy) is 1. The number of carbonyl (C=O) groups is 1. The van der Waals surface area contributed by atoms with E-state index in [0.29, 0.717) is 37.1 Å². The van der Waals surface area contributed by atoms with E-state index in [4.69, 9.17) is 4.74 Å². The summed E-state index contributed by atoms with van der Waals surface area (Å²) in [4.78, 5) is 12.9. The molecule has 2 fully saturated rings. The minimum atomic E-state index is -4.98. The summed E-state index contributed by atoms with van der Waals surface area (Å²) in [5, 5.41) is 9.46. The van der Waals surface area contributed by atoms with Gasteiger partial charge < -0.3 is 14.7 Å². The minimum Gasteiger partial charge on any atom is -0.465 e. The van der Waals surface area contributed by atoms with Gasteiger partial charge in [-0.1, -0.05) is 12.1 Å². The second-order valence-corrected chi connectivity index (χ2v) is 9.42. The smallest absolute Gasteiger partial charge is 0.416 e. The maximum Gasteiger partial charge on any atom is 0.416 e. The van der Waals surface area contributed by atoms with Crippen molar-refractivity contribution in [2.45, 2.75) is 50.2 Å². The van der Waals surface area contributed by atoms with E-state index in [0.717, 1.165) is 0 Å². The number of benzene rings is 2. The Morgan fingerprint density at radius 2 is 1.56 bits per heavy atom. The number of hydrogen-bond donors (Lipinski definition) is 1. The fourth-order valence-electron chi connectivity index (χ4n) is 5.45. The third-order valence-corrected chi connectivity index (χ3v) is 7.16. The average molecular weight is 519 g/mol. The highest BCUT2D eigenvalue weighted by Crippen LogP contribution is 2.48. The van der Waals surface area contributed by atoms with E-state index in [1.807, 2.05) is 0 Å². The molecule has 2 aliphatic rings. The van der Waals surface area contributed by atoms with Gasteiger partial charge in [0.2, 0.25) is 0 Å². The first-order chi connectivity index (χ1) is 16.7. The van der Waals surface area contributed by atoms with E-state index in [1.165, 1.54) is 24.0 Å². The summed E-state index contributed by atoms with van der Waals surface area (Å²) in [7, 11) is 0. The lowest BCUT2D eigenvalue weighted by atomic mass is 9.69. The van der Waals surface area contributed by atoms with Crippen LogP contribution in [0, 0.1) is 17.7 Å². The first-order valence-corrected chi connectivity index (χ1v) is 11.4. The van der Waals surface area contributed by atoms with Gasteiger partial charge in [0, 0.05) is 19.0 Å². The fourth-order valence-corrected chi connectivity index (χ4v) is 5.45. The van der Waals surface area contributed by atoms with Gasteiger partial charge in [0.15, 0.2) is 0 Å². The van der Waals surface area contributed by atoms with Crippen molar-refractivity contribution in [3.05, 3.63) is 70.5 Å². The van der Waals surface area contributed by atoms with Gasteiger partial charge in [0.05, 0.1) is 23.3 Å². The van der Waals surface area contributed by atoms with Crippen molar-refractivity contribution in [2.75, 3.05) is 13.1 Å². The van der Waals surface area contributed by atoms with E-state index in [9.17, 15) is 40.6 Å². The van der Waals surface area contributed by atoms with Crippen molar-refractivity contribution < 1.29 is 45.4 Å². The largest absolute Gasteiger partial charge is 0.465 e. The molecule has 0 radical (unpaired) electrons. The molecule has 1 saturated heterocycles. The lowest BCUT2D eigenvalue weighted by Crippen LogP contribution is -2.38. The summed E-state index contributed by atoms with van der Waals surface area (Å²) in [5.41, 5.74) is -2.44. The molecular weight excluding hydrogens is 495 g/mol. The Morgan fingerprint density at radius 3 is 2.08 bits per heavy atom. The fraction of sp³-hybridized carbons (Fsp3) is 0.480. The van der Waals surface area contributed by atoms with Crippen LogP contribution in [0.25, 0.3) is 0 Å². The van der Waals surface area contributed by atoms with E-state index in [-0.39, 0.29) is 30.0 Å². The van der Waals surface area contributed by atoms with Gasteiger partial charge in [-0.2, -0.15) is 26.3 Å². The third kappa shape index (κ3) is 5.45. The van der Waals surface area contributed by atoms with E-state index < -0.39 is 53.5 Å². The monoisotopic (exact) mass is 519 g/mol. The first kappa shape index (κ1) is 26.2. The van der Waals surface area contributed by atoms with Crippen molar-refractivity contribution in [3.63, 3.8) is 0 Å². The molecule has 0 spiro atoms. The van der Waals surface area contributed by atoms with Crippen LogP contribution in [0.2, 0.25) is 0 Å². The Bertz CT molecular complexity index is 1070. The van der Waals surface area contributed by atoms with Crippen molar-refractivity contribution in [2.24, 2.45) is 11.8 Å². The van der Waals surface area contributed by atoms with E-state index >= 15 is 0 Å². The second-order valence-electron chi connectivity index (χ2n) is 9.42. The van der Waals surface area contributed by atoms with Crippen LogP contribution in [0.3, 0.4) is 0 Å². The zero-order valence-corrected chi connectivity index (χ0v) is 19.1. The number of alkyl halides is 6. The molecule has 5 atom stereocenters. The van der Waals surface area contributed by atoms with Gasteiger partial charge in [-0.3, -0.25) is 0 Å². The Morgan fingerprint density at radius 1 is 0.972 bits per heavy atom. The summed E-state index contributed by atoms with van der Waals surface area (Å²) >= 11 is 0. The standard InChI is InChI=1S/C25H24F7NO3/c1-13(16-8-17(24(27,28)29)10-18(9-16)25(30,31)32)36-21-7-4-15-11-33(23(34)35)12-20(15)22(21)14-2-5-19(26)6-3-14/h2-3,5-6,8-10,13,15,20-22H,4,7,11-12H2,1H3,(H,34,35)/t13-,15-,20+,21-,22-/m0/s1. The van der Waals surface area contributed by atoms with Gasteiger partial charge in [-0.15, -0.1) is 0 Å². The lowest BCUT2D eigenvalue weighted by molar-refractivity contribution is -0.143. The number of carboxylic acid groups (broad SMARTS) is 1. The molecule has 36 heavy (non-hydrogen) atoms. The first-order valence-electron chi connectivity index (χ1n) is 11.4. The molecule has 1 saturated carbocycles. The summed E-state index contributed by atoms with van der Waals surface area (Å²) in [5.74, 6) is -1.07. The van der Waals surface area contributed by atoms with Gasteiger partial charge in [0.1, 0.15) is 5.82 Å². The topological polar surface area (TPSA) is 49.8 Å². The highest BCUT2D eigenvalue weighted by molar-refractivity contribution is 5.65. The number of rotatable bonds is 4. The number of likely N-dealkylation sites (tertiary alicyclic amines) is 1. The lowest BCUT2D eigenvalue weighted by Gasteiger charge is -2.41. The maximum absolute atomic E-state index is 13.6. The second kappa shape index (κ2) is 9.57. The molecule has 1 N–H and O–H groups in total. The molecule has 1 aliphatic carbocycles. The summed E-state index contributed by atoms with van der Waals surface area (Å²) in [6.45, 7) is 1.92. The molecule has 4 nitrogen and oxygen atoms in total. The van der Waals surface area contributed by atoms with E-state index in [1.54, 1.807) is 12.1 Å². The number of halogens is 7. The van der Waals surface area contributed by atoms with Gasteiger partial charge >= 0.3 is 18.4 Å². The summed E-state index contributed by atoms with van der Waals surface area (Å²) < 4.78 is 99.7. The Hall–Kier alpha value is -2.82. The van der Waals surface area contributed by atoms with Crippen molar-refractivity contribution >= 4 is 6.09 Å². The van der Waals surface area contributed by atoms with Gasteiger partial charge in [0.25, 0.3) is 0 Å². The van der Waals surface area contributed by atoms with Crippen LogP contribution in [0.1, 0.15) is 54.0 Å². The zero-order valence-electron chi connectivity index (χ0n) is 19.1. The molecular formula is C25H24F7NO3. The van der Waals surface area contributed by atoms with Crippen LogP contribution in [-0.2, 0) is 17.1 Å². The normalized spacial score (nSPS) is 25.5. The highest BCUT2D eigenvalue weighted by Gasteiger charge is 2.47. The molecule has 1 heterocycles. The Balaban J connectivity index is 1.66. The quantitative estimate of drug-likeness (QED) is 0.438. The van der Waals surface area contributed by atoms with Crippen LogP contribution in [0.4, 0.5) is 35.5 Å². The van der Waals surface area contributed by atoms with Crippen LogP contribution in [-0.4, -0.2) is 35.3 Å². The van der Waals surface area contributed by atoms with Crippen LogP contribution in [0.5, 0.6) is 0 Å². The molecule has 4 rings (SSSR count). The molecule has 1 aliphatic heterocycles. The summed E-state index contributed by atoms with van der Waals surface area (Å²) in [6.07, 6.45) is -11.8. The minimum absolute atomic E-state index is 0.0108. The van der Waals surface area contributed by atoms with Crippen molar-refractivity contribution in [1.29, 1.82) is 0 Å². The predicted octanol–water partition coefficient (Wildman–Crippen LogP) is 7.11. The number of fused-ring (bicyclic) bond motifs is 1. The Labute approximate surface area is 202 Å². The van der Waals surface area contributed by atoms with Crippen LogP contribution < -0.4 is 0 Å². The van der Waals surface area contributed by atoms with Crippen LogP contribution in [0.15, 0.2) is 42.5 Å². The molecule has 2 aromatic rings. The molecule has 2 aromatic carbocycles. The summed E-state index contributed by atoms with van der Waals surface area (Å²) in [6, 6.07) is 7.00. The van der Waals surface area contributed by atoms with Gasteiger partial charge in [-0.05, 0) is 73.1 Å². The van der Waals surface area contributed by atoms with Crippen molar-refractivity contribution in [3.8, 4) is 0 Å². The van der Waals surface area contributed by atoms with Crippen LogP contribution >= 0.6 is 0 Å². The third-order valence-electron chi connectivity index (χ3n) is 7.16. The number of nitrogens with zero attached hydrogens (tertiary/aromatic N) is 1. The Kier molecular flexibility index (Phi) is 6.98. The maximum atomic E-state index is 13.6. The zero-order chi connectivity index (χ0) is 26.4. The SMILES string of the molecule is C[C@H](O[C@H]1CC[C@H]2CN(C(=O)O)C[C@H]2[C@@H]1c1ccc(F)cc1)c1cc(C(F)(F)F)cc(C(F)(F)F)c1. The molecule has 0 aromatic heterocycles. The molecule has 0 bridgehead atoms. The van der Waals surface area contributed by atoms with Gasteiger partial charge in [-0.25, -0.2) is 9.18 Å². The molecule has 196 valence electrons. The number of amides is 1. The van der Waals surface area contributed by atoms with Crippen molar-refractivity contribution in [1.82, 2.24) is 4.90 Å². The molecule has 0 unspecified atom stereocenters. The molecule has 11 heteroatoms. The predicted molar refractivity (Wildman–Crippen MR) is 115 cm³/mol. The van der Waals surface area contributed by atoms with E-state index in [2.05, 4.69) is 0 Å².